The highest BCUT2D eigenvalue weighted by Gasteiger charge is 2.32. The van der Waals surface area contributed by atoms with E-state index >= 15 is 0 Å². The Hall–Kier alpha value is -6.01. The van der Waals surface area contributed by atoms with E-state index in [9.17, 15) is 0 Å². The van der Waals surface area contributed by atoms with Crippen molar-refractivity contribution >= 4 is 133 Å². The molecule has 0 aliphatic heterocycles. The van der Waals surface area contributed by atoms with Crippen molar-refractivity contribution in [3.05, 3.63) is 219 Å². The van der Waals surface area contributed by atoms with Crippen molar-refractivity contribution < 1.29 is 19.0 Å². The minimum Gasteiger partial charge on any atom is -0.456 e. The molecule has 2 radical (unpaired) electrons. The normalized spacial score (nSPS) is 11.4. The van der Waals surface area contributed by atoms with E-state index in [-0.39, 0.29) is 7.43 Å². The van der Waals surface area contributed by atoms with Gasteiger partial charge in [-0.15, -0.1) is 0 Å². The molecule has 8 heteroatoms. The smallest absolute Gasteiger partial charge is 0.136 e. The lowest BCUT2D eigenvalue weighted by molar-refractivity contribution is -0.107. The lowest BCUT2D eigenvalue weighted by Gasteiger charge is -2.31. The summed E-state index contributed by atoms with van der Waals surface area (Å²) in [5, 5.41) is 27.8. The average Bonchev–Trinajstić information content (AvgIpc) is 3.90. The number of aliphatic hydroxyl groups is 2. The molecule has 4 nitrogen and oxygen atoms in total. The molecule has 0 fully saturated rings. The van der Waals surface area contributed by atoms with Gasteiger partial charge in [0, 0.05) is 34.1 Å². The van der Waals surface area contributed by atoms with Gasteiger partial charge in [0.2, 0.25) is 0 Å². The molecule has 0 unspecified atom stereocenters. The number of hydrogen-bond donors (Lipinski definition) is 2. The van der Waals surface area contributed by atoms with E-state index in [1.807, 2.05) is 48.5 Å². The number of benzene rings is 10. The molecule has 0 aliphatic carbocycles. The van der Waals surface area contributed by atoms with E-state index in [0.29, 0.717) is 0 Å². The van der Waals surface area contributed by atoms with Crippen molar-refractivity contribution in [2.45, 2.75) is 46.3 Å². The van der Waals surface area contributed by atoms with E-state index < -0.39 is 11.2 Å². The van der Waals surface area contributed by atoms with Crippen LogP contribution in [0.5, 0.6) is 0 Å². The van der Waals surface area contributed by atoms with Crippen LogP contribution in [0.15, 0.2) is 224 Å². The van der Waals surface area contributed by atoms with E-state index in [1.165, 1.54) is 52.9 Å². The predicted octanol–water partition coefficient (Wildman–Crippen LogP) is 18.3. The third-order valence-electron chi connectivity index (χ3n) is 12.6. The molecule has 0 aliphatic rings. The van der Waals surface area contributed by atoms with Crippen LogP contribution in [0.2, 0.25) is 0 Å². The van der Waals surface area contributed by atoms with Crippen molar-refractivity contribution in [2.75, 3.05) is 0 Å². The summed E-state index contributed by atoms with van der Waals surface area (Å²) in [6.07, 6.45) is 0. The maximum absolute atomic E-state index is 9.10. The first-order valence-corrected chi connectivity index (χ1v) is 25.5. The lowest BCUT2D eigenvalue weighted by atomic mass is 9.90. The van der Waals surface area contributed by atoms with Crippen LogP contribution in [0.4, 0.5) is 0 Å². The Morgan fingerprint density at radius 2 is 0.817 bits per heavy atom. The Kier molecular flexibility index (Phi) is 15.7. The van der Waals surface area contributed by atoms with Gasteiger partial charge in [-0.2, -0.15) is 0 Å². The summed E-state index contributed by atoms with van der Waals surface area (Å²) in [5.41, 5.74) is 9.63. The quantitative estimate of drug-likeness (QED) is 0.136. The van der Waals surface area contributed by atoms with Gasteiger partial charge >= 0.3 is 0 Å². The summed E-state index contributed by atoms with van der Waals surface area (Å²) < 4.78 is 15.2. The Bertz CT molecular complexity index is 3730. The van der Waals surface area contributed by atoms with E-state index in [0.717, 1.165) is 63.8 Å². The number of furan rings is 2. The molecule has 71 heavy (non-hydrogen) atoms. The fourth-order valence-electron chi connectivity index (χ4n) is 8.07. The summed E-state index contributed by atoms with van der Waals surface area (Å²) in [6.45, 7) is 6.31. The molecule has 0 saturated carbocycles. The molecule has 0 atom stereocenters. The Morgan fingerprint density at radius 1 is 0.394 bits per heavy atom. The van der Waals surface area contributed by atoms with Crippen LogP contribution in [0.1, 0.15) is 35.1 Å². The first-order chi connectivity index (χ1) is 33.6. The van der Waals surface area contributed by atoms with Crippen molar-refractivity contribution in [1.29, 1.82) is 0 Å². The van der Waals surface area contributed by atoms with Crippen molar-refractivity contribution in [3.63, 3.8) is 0 Å². The summed E-state index contributed by atoms with van der Waals surface area (Å²) in [6, 6.07) is 71.7. The highest BCUT2D eigenvalue weighted by Crippen LogP contribution is 2.37. The first-order valence-electron chi connectivity index (χ1n) is 22.9. The van der Waals surface area contributed by atoms with Crippen LogP contribution in [0.3, 0.4) is 0 Å². The van der Waals surface area contributed by atoms with Crippen LogP contribution in [0.25, 0.3) is 98.8 Å². The van der Waals surface area contributed by atoms with Gasteiger partial charge < -0.3 is 19.0 Å². The third kappa shape index (κ3) is 11.7. The molecule has 2 N–H and O–H groups in total. The van der Waals surface area contributed by atoms with Crippen LogP contribution >= 0.6 is 54.5 Å². The lowest BCUT2D eigenvalue weighted by Crippen LogP contribution is -2.44. The van der Waals surface area contributed by atoms with Crippen molar-refractivity contribution in [3.8, 4) is 33.4 Å². The molecule has 0 bridgehead atoms. The molecular weight excluding hydrogens is 1120 g/mol. The zero-order valence-electron chi connectivity index (χ0n) is 39.1. The fourth-order valence-corrected chi connectivity index (χ4v) is 9.42. The molecule has 0 spiro atoms. The van der Waals surface area contributed by atoms with Gasteiger partial charge in [-0.1, -0.05) is 178 Å². The molecular formula is C63H52BBr2IO4. The van der Waals surface area contributed by atoms with Crippen molar-refractivity contribution in [2.24, 2.45) is 0 Å². The van der Waals surface area contributed by atoms with Crippen LogP contribution in [-0.4, -0.2) is 29.3 Å². The van der Waals surface area contributed by atoms with Gasteiger partial charge in [0.25, 0.3) is 0 Å². The third-order valence-corrected chi connectivity index (χ3v) is 14.6. The number of hydrogen-bond acceptors (Lipinski definition) is 4. The largest absolute Gasteiger partial charge is 0.456 e. The van der Waals surface area contributed by atoms with Gasteiger partial charge in [-0.3, -0.25) is 0 Å². The number of rotatable bonds is 4. The minimum atomic E-state index is -1.01. The zero-order chi connectivity index (χ0) is 49.2. The standard InChI is InChI=1S/C28H17BrO.C16H11I.C12H6BBrO.C6H14O2.CH4/c29-22-12-14-25-24-13-11-21(16-27(24)30-28(25)17-22)23-8-4-7-19-9-10-20(15-26(19)23)18-5-2-1-3-6-18;17-16-8-4-7-13-9-10-14(11-15(13)16)12-5-2-1-3-6-12;13-7-1-3-9-10-4-2-8(14)6-12(10)15-11(9)5-7;1-5(2,7)6(3,4)8;/h1-17H;1-11H;1-6H;7-8H,1-4H3;1H4. The summed E-state index contributed by atoms with van der Waals surface area (Å²) in [5.74, 6) is 0. The SMILES string of the molecule is Brc1ccc2c(c1)oc1cc(-c3cccc4ccc(-c5ccccc5)cc34)ccc12.C.CC(C)(O)C(C)(C)O.Ic1cccc2ccc(-c3ccccc3)cc12.[B]c1ccc2c(c1)oc1cc(Br)ccc12. The highest BCUT2D eigenvalue weighted by atomic mass is 127. The van der Waals surface area contributed by atoms with E-state index in [1.54, 1.807) is 27.7 Å². The van der Waals surface area contributed by atoms with E-state index in [4.69, 9.17) is 26.9 Å². The maximum atomic E-state index is 9.10. The van der Waals surface area contributed by atoms with Crippen molar-refractivity contribution in [1.82, 2.24) is 0 Å². The monoisotopic (exact) mass is 1170 g/mol. The van der Waals surface area contributed by atoms with Crippen LogP contribution < -0.4 is 5.46 Å². The molecule has 0 amide bonds. The molecule has 2 aromatic heterocycles. The maximum Gasteiger partial charge on any atom is 0.136 e. The number of halogens is 3. The Balaban J connectivity index is 0.000000140. The molecule has 2 heterocycles. The number of fused-ring (bicyclic) bond motifs is 8. The average molecular weight is 1170 g/mol. The van der Waals surface area contributed by atoms with Gasteiger partial charge in [-0.25, -0.2) is 0 Å². The van der Waals surface area contributed by atoms with Gasteiger partial charge in [-0.05, 0) is 178 Å². The zero-order valence-corrected chi connectivity index (χ0v) is 44.4. The molecule has 12 aromatic rings. The molecule has 0 saturated heterocycles. The summed E-state index contributed by atoms with van der Waals surface area (Å²) >= 11 is 9.35. The topological polar surface area (TPSA) is 66.7 Å². The van der Waals surface area contributed by atoms with Gasteiger partial charge in [0.1, 0.15) is 30.2 Å². The molecule has 352 valence electrons. The summed E-state index contributed by atoms with van der Waals surface area (Å²) in [7, 11) is 5.71. The second-order valence-electron chi connectivity index (χ2n) is 18.2. The molecule has 12 rings (SSSR count). The Morgan fingerprint density at radius 3 is 1.34 bits per heavy atom. The van der Waals surface area contributed by atoms with Crippen LogP contribution in [0, 0.1) is 3.57 Å². The van der Waals surface area contributed by atoms with Gasteiger partial charge in [0.15, 0.2) is 0 Å². The van der Waals surface area contributed by atoms with Gasteiger partial charge in [0.05, 0.1) is 11.2 Å². The second kappa shape index (κ2) is 21.8. The van der Waals surface area contributed by atoms with E-state index in [2.05, 4.69) is 212 Å². The fraction of sp³-hybridized carbons (Fsp3) is 0.111. The minimum absolute atomic E-state index is 0. The molecule has 10 aromatic carbocycles. The summed E-state index contributed by atoms with van der Waals surface area (Å²) in [4.78, 5) is 0. The predicted molar refractivity (Wildman–Crippen MR) is 318 cm³/mol. The second-order valence-corrected chi connectivity index (χ2v) is 21.2. The Labute approximate surface area is 447 Å². The first kappa shape index (κ1) is 51.4. The van der Waals surface area contributed by atoms with Crippen LogP contribution in [-0.2, 0) is 0 Å². The highest BCUT2D eigenvalue weighted by molar-refractivity contribution is 14.1.